The third-order valence-corrected chi connectivity index (χ3v) is 3.02. The first-order chi connectivity index (χ1) is 9.61. The van der Waals surface area contributed by atoms with Crippen molar-refractivity contribution in [3.8, 4) is 5.75 Å². The summed E-state index contributed by atoms with van der Waals surface area (Å²) in [4.78, 5) is 16.6. The molecule has 0 atom stereocenters. The van der Waals surface area contributed by atoms with Crippen LogP contribution in [0.25, 0.3) is 0 Å². The summed E-state index contributed by atoms with van der Waals surface area (Å²) in [5, 5.41) is 0. The molecule has 3 heteroatoms. The molecular weight excluding hydrogens is 250 g/mol. The Bertz CT molecular complexity index is 588. The van der Waals surface area contributed by atoms with Gasteiger partial charge in [0.15, 0.2) is 5.78 Å². The first-order valence-corrected chi connectivity index (χ1v) is 6.86. The van der Waals surface area contributed by atoms with Gasteiger partial charge in [-0.05, 0) is 56.2 Å². The summed E-state index contributed by atoms with van der Waals surface area (Å²) in [5.74, 6) is 0.808. The van der Waals surface area contributed by atoms with Crippen LogP contribution < -0.4 is 4.74 Å². The van der Waals surface area contributed by atoms with Crippen LogP contribution in [-0.2, 0) is 6.42 Å². The fourth-order valence-electron chi connectivity index (χ4n) is 2.04. The van der Waals surface area contributed by atoms with Crippen LogP contribution in [0.5, 0.6) is 5.75 Å². The molecule has 0 fully saturated rings. The largest absolute Gasteiger partial charge is 0.491 e. The summed E-state index contributed by atoms with van der Waals surface area (Å²) in [5.41, 5.74) is 2.36. The van der Waals surface area contributed by atoms with Gasteiger partial charge in [-0.15, -0.1) is 0 Å². The van der Waals surface area contributed by atoms with E-state index in [4.69, 9.17) is 4.74 Å². The molecule has 0 radical (unpaired) electrons. The average Bonchev–Trinajstić information content (AvgIpc) is 2.46. The molecule has 3 nitrogen and oxygen atoms in total. The van der Waals surface area contributed by atoms with Crippen molar-refractivity contribution in [1.82, 2.24) is 4.98 Å². The first-order valence-electron chi connectivity index (χ1n) is 6.86. The number of nitrogens with zero attached hydrogens (tertiary/aromatic N) is 1. The lowest BCUT2D eigenvalue weighted by molar-refractivity contribution is 0.103. The minimum atomic E-state index is 0.0281. The van der Waals surface area contributed by atoms with E-state index in [0.717, 1.165) is 23.3 Å². The number of ketones is 1. The molecule has 0 saturated heterocycles. The van der Waals surface area contributed by atoms with Gasteiger partial charge in [-0.25, -0.2) is 0 Å². The second-order valence-electron chi connectivity index (χ2n) is 4.91. The molecular formula is C17H19NO2. The Morgan fingerprint density at radius 3 is 2.50 bits per heavy atom. The fourth-order valence-corrected chi connectivity index (χ4v) is 2.04. The lowest BCUT2D eigenvalue weighted by Crippen LogP contribution is -2.07. The molecule has 1 heterocycles. The van der Waals surface area contributed by atoms with Gasteiger partial charge in [0.1, 0.15) is 5.75 Å². The summed E-state index contributed by atoms with van der Waals surface area (Å²) >= 11 is 0. The van der Waals surface area contributed by atoms with Crippen molar-refractivity contribution in [1.29, 1.82) is 0 Å². The van der Waals surface area contributed by atoms with Gasteiger partial charge in [0.25, 0.3) is 0 Å². The van der Waals surface area contributed by atoms with Gasteiger partial charge in [-0.1, -0.05) is 6.92 Å². The van der Waals surface area contributed by atoms with E-state index in [2.05, 4.69) is 4.98 Å². The van der Waals surface area contributed by atoms with Gasteiger partial charge in [0, 0.05) is 23.5 Å². The molecule has 1 aromatic heterocycles. The Hall–Kier alpha value is -2.16. The second kappa shape index (κ2) is 6.33. The standard InChI is InChI=1S/C17H19NO2/c1-4-13-11-18-10-9-16(13)17(19)14-5-7-15(8-6-14)20-12(2)3/h5-12H,4H2,1-3H3. The Kier molecular flexibility index (Phi) is 4.51. The molecule has 0 unspecified atom stereocenters. The number of aromatic nitrogens is 1. The van der Waals surface area contributed by atoms with Gasteiger partial charge in [-0.2, -0.15) is 0 Å². The van der Waals surface area contributed by atoms with Gasteiger partial charge < -0.3 is 4.74 Å². The predicted octanol–water partition coefficient (Wildman–Crippen LogP) is 3.66. The number of aryl methyl sites for hydroxylation is 1. The van der Waals surface area contributed by atoms with Crippen LogP contribution >= 0.6 is 0 Å². The third kappa shape index (κ3) is 3.23. The van der Waals surface area contributed by atoms with Crippen molar-refractivity contribution in [2.75, 3.05) is 0 Å². The minimum Gasteiger partial charge on any atom is -0.491 e. The number of rotatable bonds is 5. The molecule has 0 aliphatic carbocycles. The molecule has 0 bridgehead atoms. The highest BCUT2D eigenvalue weighted by Crippen LogP contribution is 2.18. The monoisotopic (exact) mass is 269 g/mol. The second-order valence-corrected chi connectivity index (χ2v) is 4.91. The Morgan fingerprint density at radius 1 is 1.20 bits per heavy atom. The smallest absolute Gasteiger partial charge is 0.193 e. The molecule has 104 valence electrons. The summed E-state index contributed by atoms with van der Waals surface area (Å²) in [6.07, 6.45) is 4.33. The maximum atomic E-state index is 12.5. The maximum Gasteiger partial charge on any atom is 0.193 e. The highest BCUT2D eigenvalue weighted by molar-refractivity contribution is 6.09. The van der Waals surface area contributed by atoms with Crippen LogP contribution in [0.4, 0.5) is 0 Å². The van der Waals surface area contributed by atoms with E-state index in [0.29, 0.717) is 5.56 Å². The third-order valence-electron chi connectivity index (χ3n) is 3.02. The highest BCUT2D eigenvalue weighted by atomic mass is 16.5. The molecule has 0 amide bonds. The Labute approximate surface area is 119 Å². The summed E-state index contributed by atoms with van der Waals surface area (Å²) in [6.45, 7) is 5.97. The van der Waals surface area contributed by atoms with Crippen molar-refractivity contribution < 1.29 is 9.53 Å². The van der Waals surface area contributed by atoms with Gasteiger partial charge in [0.05, 0.1) is 6.10 Å². The van der Waals surface area contributed by atoms with Crippen molar-refractivity contribution in [2.24, 2.45) is 0 Å². The van der Waals surface area contributed by atoms with Crippen LogP contribution in [0.1, 0.15) is 42.3 Å². The van der Waals surface area contributed by atoms with E-state index in [-0.39, 0.29) is 11.9 Å². The molecule has 0 aliphatic rings. The van der Waals surface area contributed by atoms with Crippen LogP contribution in [0, 0.1) is 0 Å². The number of benzene rings is 1. The summed E-state index contributed by atoms with van der Waals surface area (Å²) in [6, 6.07) is 9.06. The minimum absolute atomic E-state index is 0.0281. The van der Waals surface area contributed by atoms with Crippen molar-refractivity contribution in [3.63, 3.8) is 0 Å². The first kappa shape index (κ1) is 14.3. The van der Waals surface area contributed by atoms with Gasteiger partial charge in [0.2, 0.25) is 0 Å². The zero-order valence-electron chi connectivity index (χ0n) is 12.1. The van der Waals surface area contributed by atoms with Gasteiger partial charge >= 0.3 is 0 Å². The number of carbonyl (C=O) groups is 1. The zero-order chi connectivity index (χ0) is 14.5. The SMILES string of the molecule is CCc1cnccc1C(=O)c1ccc(OC(C)C)cc1. The number of pyridine rings is 1. The van der Waals surface area contributed by atoms with E-state index in [1.54, 1.807) is 30.6 Å². The number of carbonyl (C=O) groups excluding carboxylic acids is 1. The van der Waals surface area contributed by atoms with Crippen LogP contribution in [0.2, 0.25) is 0 Å². The van der Waals surface area contributed by atoms with E-state index in [1.807, 2.05) is 32.9 Å². The number of ether oxygens (including phenoxy) is 1. The molecule has 0 spiro atoms. The highest BCUT2D eigenvalue weighted by Gasteiger charge is 2.12. The lowest BCUT2D eigenvalue weighted by atomic mass is 9.99. The quantitative estimate of drug-likeness (QED) is 0.777. The number of hydrogen-bond donors (Lipinski definition) is 0. The van der Waals surface area contributed by atoms with Crippen LogP contribution in [0.3, 0.4) is 0 Å². The molecule has 20 heavy (non-hydrogen) atoms. The molecule has 0 N–H and O–H groups in total. The van der Waals surface area contributed by atoms with Crippen LogP contribution in [0.15, 0.2) is 42.7 Å². The van der Waals surface area contributed by atoms with E-state index in [9.17, 15) is 4.79 Å². The maximum absolute atomic E-state index is 12.5. The van der Waals surface area contributed by atoms with Crippen LogP contribution in [-0.4, -0.2) is 16.9 Å². The van der Waals surface area contributed by atoms with Crippen molar-refractivity contribution in [3.05, 3.63) is 59.4 Å². The van der Waals surface area contributed by atoms with Crippen molar-refractivity contribution >= 4 is 5.78 Å². The van der Waals surface area contributed by atoms with E-state index >= 15 is 0 Å². The lowest BCUT2D eigenvalue weighted by Gasteiger charge is -2.10. The normalized spacial score (nSPS) is 10.6. The zero-order valence-corrected chi connectivity index (χ0v) is 12.1. The molecule has 2 aromatic rings. The molecule has 1 aromatic carbocycles. The summed E-state index contributed by atoms with van der Waals surface area (Å²) in [7, 11) is 0. The Morgan fingerprint density at radius 2 is 1.90 bits per heavy atom. The molecule has 2 rings (SSSR count). The average molecular weight is 269 g/mol. The molecule has 0 aliphatic heterocycles. The van der Waals surface area contributed by atoms with E-state index in [1.165, 1.54) is 0 Å². The number of hydrogen-bond acceptors (Lipinski definition) is 3. The Balaban J connectivity index is 2.25. The van der Waals surface area contributed by atoms with Crippen molar-refractivity contribution in [2.45, 2.75) is 33.3 Å². The van der Waals surface area contributed by atoms with E-state index < -0.39 is 0 Å². The predicted molar refractivity (Wildman–Crippen MR) is 79.3 cm³/mol. The van der Waals surface area contributed by atoms with Gasteiger partial charge in [-0.3, -0.25) is 9.78 Å². The topological polar surface area (TPSA) is 39.2 Å². The fraction of sp³-hybridized carbons (Fsp3) is 0.294. The molecule has 0 saturated carbocycles. The summed E-state index contributed by atoms with van der Waals surface area (Å²) < 4.78 is 5.58.